The number of amides is 1. The van der Waals surface area contributed by atoms with Gasteiger partial charge in [-0.3, -0.25) is 4.79 Å². The molecule has 2 rings (SSSR count). The summed E-state index contributed by atoms with van der Waals surface area (Å²) in [6.07, 6.45) is 1.56. The molecule has 0 aliphatic carbocycles. The maximum absolute atomic E-state index is 11.0. The summed E-state index contributed by atoms with van der Waals surface area (Å²) in [7, 11) is 1.57. The van der Waals surface area contributed by atoms with E-state index >= 15 is 0 Å². The maximum atomic E-state index is 11.0. The fourth-order valence-electron chi connectivity index (χ4n) is 2.04. The zero-order valence-corrected chi connectivity index (χ0v) is 13.6. The van der Waals surface area contributed by atoms with E-state index in [1.807, 2.05) is 26.0 Å². The second-order valence-corrected chi connectivity index (χ2v) is 6.70. The molecule has 0 saturated carbocycles. The smallest absolute Gasteiger partial charge is 0.332 e. The number of fused-ring (bicyclic) bond motifs is 1. The van der Waals surface area contributed by atoms with E-state index in [1.165, 1.54) is 0 Å². The standard InChI is InChI=1S/C15H20BClNO3/c1-14(2,20)15(3,4)21-16-11-5-6-12-10(13(11)17)7-8-18(12)9-19/h5-6,9,20H,7-8H2,1-4H3. The Morgan fingerprint density at radius 3 is 2.62 bits per heavy atom. The van der Waals surface area contributed by atoms with E-state index < -0.39 is 11.2 Å². The van der Waals surface area contributed by atoms with Crippen LogP contribution >= 0.6 is 11.6 Å². The predicted octanol–water partition coefficient (Wildman–Crippen LogP) is 1.67. The van der Waals surface area contributed by atoms with Crippen molar-refractivity contribution >= 4 is 36.6 Å². The molecular weight excluding hydrogens is 288 g/mol. The average Bonchev–Trinajstić information content (AvgIpc) is 2.80. The molecule has 0 saturated heterocycles. The number of anilines is 1. The van der Waals surface area contributed by atoms with E-state index in [0.29, 0.717) is 11.6 Å². The fourth-order valence-corrected chi connectivity index (χ4v) is 2.34. The van der Waals surface area contributed by atoms with Crippen molar-refractivity contribution in [2.45, 2.75) is 45.3 Å². The fraction of sp³-hybridized carbons (Fsp3) is 0.533. The molecule has 0 unspecified atom stereocenters. The van der Waals surface area contributed by atoms with Gasteiger partial charge in [0.15, 0.2) is 0 Å². The van der Waals surface area contributed by atoms with Gasteiger partial charge in [-0.2, -0.15) is 0 Å². The van der Waals surface area contributed by atoms with Crippen LogP contribution in [-0.2, 0) is 15.9 Å². The Balaban J connectivity index is 2.19. The molecule has 0 aromatic heterocycles. The van der Waals surface area contributed by atoms with Gasteiger partial charge in [0.25, 0.3) is 0 Å². The summed E-state index contributed by atoms with van der Waals surface area (Å²) in [5.74, 6) is 0. The van der Waals surface area contributed by atoms with Gasteiger partial charge >= 0.3 is 7.48 Å². The van der Waals surface area contributed by atoms with Crippen molar-refractivity contribution in [1.82, 2.24) is 0 Å². The highest BCUT2D eigenvalue weighted by Crippen LogP contribution is 2.31. The molecule has 1 N–H and O–H groups in total. The number of rotatable bonds is 5. The van der Waals surface area contributed by atoms with E-state index in [4.69, 9.17) is 16.3 Å². The molecule has 1 amide bonds. The normalized spacial score (nSPS) is 15.0. The van der Waals surface area contributed by atoms with Crippen LogP contribution in [-0.4, -0.2) is 36.7 Å². The highest BCUT2D eigenvalue weighted by Gasteiger charge is 2.36. The Labute approximate surface area is 131 Å². The molecule has 0 atom stereocenters. The number of hydrogen-bond acceptors (Lipinski definition) is 3. The summed E-state index contributed by atoms with van der Waals surface area (Å²) in [6, 6.07) is 3.69. The quantitative estimate of drug-likeness (QED) is 0.665. The summed E-state index contributed by atoms with van der Waals surface area (Å²) in [6.45, 7) is 7.69. The third kappa shape index (κ3) is 3.10. The van der Waals surface area contributed by atoms with E-state index in [0.717, 1.165) is 29.5 Å². The van der Waals surface area contributed by atoms with Gasteiger partial charge < -0.3 is 14.7 Å². The number of halogens is 1. The first-order chi connectivity index (χ1) is 9.67. The average molecular weight is 309 g/mol. The van der Waals surface area contributed by atoms with Crippen molar-refractivity contribution in [1.29, 1.82) is 0 Å². The monoisotopic (exact) mass is 308 g/mol. The zero-order chi connectivity index (χ0) is 15.8. The van der Waals surface area contributed by atoms with Gasteiger partial charge in [0.05, 0.1) is 11.2 Å². The Morgan fingerprint density at radius 1 is 1.38 bits per heavy atom. The van der Waals surface area contributed by atoms with E-state index in [2.05, 4.69) is 0 Å². The van der Waals surface area contributed by atoms with Crippen LogP contribution in [0, 0.1) is 0 Å². The Hall–Kier alpha value is -1.04. The van der Waals surface area contributed by atoms with Gasteiger partial charge in [0, 0.05) is 17.3 Å². The van der Waals surface area contributed by atoms with Crippen LogP contribution in [0.4, 0.5) is 5.69 Å². The van der Waals surface area contributed by atoms with Crippen LogP contribution in [0.25, 0.3) is 0 Å². The Bertz CT molecular complexity index is 555. The minimum absolute atomic E-state index is 0.600. The van der Waals surface area contributed by atoms with Gasteiger partial charge in [0.2, 0.25) is 6.41 Å². The Morgan fingerprint density at radius 2 is 2.05 bits per heavy atom. The van der Waals surface area contributed by atoms with Gasteiger partial charge in [-0.15, -0.1) is 0 Å². The number of aliphatic hydroxyl groups is 1. The van der Waals surface area contributed by atoms with E-state index in [1.54, 1.807) is 26.2 Å². The van der Waals surface area contributed by atoms with Gasteiger partial charge in [-0.05, 0) is 51.2 Å². The van der Waals surface area contributed by atoms with Crippen molar-refractivity contribution in [2.24, 2.45) is 0 Å². The van der Waals surface area contributed by atoms with E-state index in [9.17, 15) is 9.90 Å². The first kappa shape index (κ1) is 16.3. The second kappa shape index (κ2) is 5.63. The molecule has 1 aromatic carbocycles. The van der Waals surface area contributed by atoms with Crippen molar-refractivity contribution in [2.75, 3.05) is 11.4 Å². The lowest BCUT2D eigenvalue weighted by Gasteiger charge is -2.37. The molecular formula is C15H20BClNO3. The molecule has 4 nitrogen and oxygen atoms in total. The molecule has 1 aliphatic rings. The number of benzene rings is 1. The second-order valence-electron chi connectivity index (χ2n) is 6.32. The van der Waals surface area contributed by atoms with Crippen molar-refractivity contribution in [3.8, 4) is 0 Å². The summed E-state index contributed by atoms with van der Waals surface area (Å²) >= 11 is 6.40. The third-order valence-corrected chi connectivity index (χ3v) is 4.69. The van der Waals surface area contributed by atoms with E-state index in [-0.39, 0.29) is 0 Å². The molecule has 6 heteroatoms. The highest BCUT2D eigenvalue weighted by atomic mass is 35.5. The zero-order valence-electron chi connectivity index (χ0n) is 12.8. The minimum atomic E-state index is -0.985. The van der Waals surface area contributed by atoms with Crippen LogP contribution in [0.1, 0.15) is 33.3 Å². The van der Waals surface area contributed by atoms with Gasteiger partial charge in [0.1, 0.15) is 0 Å². The van der Waals surface area contributed by atoms with Crippen molar-refractivity contribution in [3.63, 3.8) is 0 Å². The summed E-state index contributed by atoms with van der Waals surface area (Å²) in [4.78, 5) is 12.6. The first-order valence-corrected chi connectivity index (χ1v) is 7.32. The molecule has 1 aromatic rings. The molecule has 0 fully saturated rings. The lowest BCUT2D eigenvalue weighted by molar-refractivity contribution is -0.107. The molecule has 1 radical (unpaired) electrons. The number of carbonyl (C=O) groups is 1. The largest absolute Gasteiger partial charge is 0.427 e. The van der Waals surface area contributed by atoms with Crippen LogP contribution in [0.5, 0.6) is 0 Å². The lowest BCUT2D eigenvalue weighted by atomic mass is 9.82. The maximum Gasteiger partial charge on any atom is 0.332 e. The minimum Gasteiger partial charge on any atom is -0.427 e. The molecule has 113 valence electrons. The molecule has 0 spiro atoms. The van der Waals surface area contributed by atoms with Crippen molar-refractivity contribution in [3.05, 3.63) is 22.7 Å². The van der Waals surface area contributed by atoms with Crippen LogP contribution in [0.15, 0.2) is 12.1 Å². The molecule has 0 bridgehead atoms. The number of carbonyl (C=O) groups excluding carboxylic acids is 1. The number of hydrogen-bond donors (Lipinski definition) is 1. The molecule has 1 aliphatic heterocycles. The molecule has 1 heterocycles. The van der Waals surface area contributed by atoms with Crippen LogP contribution < -0.4 is 10.4 Å². The van der Waals surface area contributed by atoms with Crippen molar-refractivity contribution < 1.29 is 14.6 Å². The SMILES string of the molecule is CC(C)(O)C(C)(C)O[B]c1ccc2c(c1Cl)CCN2C=O. The van der Waals surface area contributed by atoms with Gasteiger partial charge in [-0.1, -0.05) is 17.7 Å². The summed E-state index contributed by atoms with van der Waals surface area (Å²) < 4.78 is 5.73. The summed E-state index contributed by atoms with van der Waals surface area (Å²) in [5.41, 5.74) is 0.835. The predicted molar refractivity (Wildman–Crippen MR) is 85.4 cm³/mol. The van der Waals surface area contributed by atoms with Crippen LogP contribution in [0.2, 0.25) is 5.02 Å². The lowest BCUT2D eigenvalue weighted by Crippen LogP contribution is -2.49. The Kier molecular flexibility index (Phi) is 4.38. The number of nitrogens with zero attached hydrogens (tertiary/aromatic N) is 1. The summed E-state index contributed by atoms with van der Waals surface area (Å²) in [5, 5.41) is 10.7. The molecule has 21 heavy (non-hydrogen) atoms. The van der Waals surface area contributed by atoms with Crippen LogP contribution in [0.3, 0.4) is 0 Å². The first-order valence-electron chi connectivity index (χ1n) is 6.94. The highest BCUT2D eigenvalue weighted by molar-refractivity contribution is 6.54. The van der Waals surface area contributed by atoms with Gasteiger partial charge in [-0.25, -0.2) is 0 Å². The topological polar surface area (TPSA) is 49.8 Å². The third-order valence-electron chi connectivity index (χ3n) is 4.24.